The van der Waals surface area contributed by atoms with Crippen molar-refractivity contribution in [1.82, 2.24) is 15.5 Å². The van der Waals surface area contributed by atoms with Crippen molar-refractivity contribution in [2.24, 2.45) is 11.7 Å². The molecule has 9 heteroatoms. The van der Waals surface area contributed by atoms with E-state index in [9.17, 15) is 19.2 Å². The molecule has 1 heterocycles. The molecule has 142 valence electrons. The number of aliphatic carboxylic acids is 1. The first kappa shape index (κ1) is 20.9. The molecule has 0 aromatic rings. The van der Waals surface area contributed by atoms with E-state index in [-0.39, 0.29) is 11.8 Å². The number of amides is 3. The van der Waals surface area contributed by atoms with Crippen LogP contribution in [-0.2, 0) is 19.2 Å². The van der Waals surface area contributed by atoms with Gasteiger partial charge in [0.1, 0.15) is 18.6 Å². The molecule has 25 heavy (non-hydrogen) atoms. The van der Waals surface area contributed by atoms with E-state index in [1.165, 1.54) is 4.90 Å². The highest BCUT2D eigenvalue weighted by Gasteiger charge is 2.36. The fourth-order valence-corrected chi connectivity index (χ4v) is 2.83. The minimum absolute atomic E-state index is 0.257. The van der Waals surface area contributed by atoms with E-state index in [0.717, 1.165) is 0 Å². The van der Waals surface area contributed by atoms with Crippen LogP contribution in [0.1, 0.15) is 40.0 Å². The monoisotopic (exact) mass is 356 g/mol. The van der Waals surface area contributed by atoms with E-state index in [4.69, 9.17) is 10.8 Å². The SMILES string of the molecule is CC(C)CC(N)C(=O)NC(C)C(=O)N1CCCC1C(=O)NCC(=O)O. The van der Waals surface area contributed by atoms with Crippen molar-refractivity contribution in [1.29, 1.82) is 0 Å². The standard InChI is InChI=1S/C16H28N4O5/c1-9(2)7-11(17)14(23)19-10(3)16(25)20-6-4-5-12(20)15(24)18-8-13(21)22/h9-12H,4-8,17H2,1-3H3,(H,18,24)(H,19,23)(H,21,22). The van der Waals surface area contributed by atoms with Gasteiger partial charge in [-0.3, -0.25) is 19.2 Å². The Kier molecular flexibility index (Phi) is 7.82. The number of carbonyl (C=O) groups is 4. The predicted octanol–water partition coefficient (Wildman–Crippen LogP) is -0.944. The van der Waals surface area contributed by atoms with E-state index >= 15 is 0 Å². The topological polar surface area (TPSA) is 142 Å². The number of nitrogens with zero attached hydrogens (tertiary/aromatic N) is 1. The molecular formula is C16H28N4O5. The molecule has 3 unspecified atom stereocenters. The number of nitrogens with one attached hydrogen (secondary N) is 2. The molecule has 1 rings (SSSR count). The first-order valence-corrected chi connectivity index (χ1v) is 8.49. The van der Waals surface area contributed by atoms with E-state index in [1.807, 2.05) is 13.8 Å². The van der Waals surface area contributed by atoms with Gasteiger partial charge in [-0.25, -0.2) is 0 Å². The number of hydrogen-bond donors (Lipinski definition) is 4. The Bertz CT molecular complexity index is 523. The fraction of sp³-hybridized carbons (Fsp3) is 0.750. The lowest BCUT2D eigenvalue weighted by atomic mass is 10.0. The average Bonchev–Trinajstić information content (AvgIpc) is 3.00. The minimum Gasteiger partial charge on any atom is -0.480 e. The molecule has 0 aliphatic carbocycles. The number of carboxylic acids is 1. The summed E-state index contributed by atoms with van der Waals surface area (Å²) in [5, 5.41) is 13.5. The highest BCUT2D eigenvalue weighted by molar-refractivity contribution is 5.93. The van der Waals surface area contributed by atoms with Gasteiger partial charge in [0.15, 0.2) is 0 Å². The van der Waals surface area contributed by atoms with Crippen LogP contribution >= 0.6 is 0 Å². The Morgan fingerprint density at radius 1 is 1.24 bits per heavy atom. The Hall–Kier alpha value is -2.16. The molecular weight excluding hydrogens is 328 g/mol. The van der Waals surface area contributed by atoms with Gasteiger partial charge >= 0.3 is 5.97 Å². The summed E-state index contributed by atoms with van der Waals surface area (Å²) >= 11 is 0. The summed E-state index contributed by atoms with van der Waals surface area (Å²) in [5.41, 5.74) is 5.81. The lowest BCUT2D eigenvalue weighted by molar-refractivity contribution is -0.142. The molecule has 9 nitrogen and oxygen atoms in total. The summed E-state index contributed by atoms with van der Waals surface area (Å²) in [7, 11) is 0. The molecule has 0 aromatic carbocycles. The van der Waals surface area contributed by atoms with E-state index in [0.29, 0.717) is 25.8 Å². The Labute approximate surface area is 147 Å². The van der Waals surface area contributed by atoms with Crippen molar-refractivity contribution in [3.63, 3.8) is 0 Å². The van der Waals surface area contributed by atoms with Crippen molar-refractivity contribution in [2.45, 2.75) is 58.2 Å². The van der Waals surface area contributed by atoms with Crippen molar-refractivity contribution >= 4 is 23.7 Å². The Morgan fingerprint density at radius 2 is 1.88 bits per heavy atom. The third kappa shape index (κ3) is 6.33. The van der Waals surface area contributed by atoms with Crippen LogP contribution in [0.2, 0.25) is 0 Å². The first-order valence-electron chi connectivity index (χ1n) is 8.49. The smallest absolute Gasteiger partial charge is 0.322 e. The van der Waals surface area contributed by atoms with Gasteiger partial charge in [-0.2, -0.15) is 0 Å². The van der Waals surface area contributed by atoms with Crippen LogP contribution in [-0.4, -0.2) is 64.9 Å². The lowest BCUT2D eigenvalue weighted by Crippen LogP contribution is -2.55. The molecule has 0 saturated carbocycles. The normalized spacial score (nSPS) is 19.4. The number of carbonyl (C=O) groups excluding carboxylic acids is 3. The van der Waals surface area contributed by atoms with E-state index in [1.54, 1.807) is 6.92 Å². The largest absolute Gasteiger partial charge is 0.480 e. The van der Waals surface area contributed by atoms with Gasteiger partial charge in [0.2, 0.25) is 17.7 Å². The summed E-state index contributed by atoms with van der Waals surface area (Å²) in [6.07, 6.45) is 1.62. The lowest BCUT2D eigenvalue weighted by Gasteiger charge is -2.27. The third-order valence-corrected chi connectivity index (χ3v) is 4.04. The zero-order valence-electron chi connectivity index (χ0n) is 14.9. The number of nitrogens with two attached hydrogens (primary N) is 1. The average molecular weight is 356 g/mol. The molecule has 3 amide bonds. The van der Waals surface area contributed by atoms with Crippen LogP contribution < -0.4 is 16.4 Å². The van der Waals surface area contributed by atoms with Gasteiger partial charge in [0, 0.05) is 6.54 Å². The van der Waals surface area contributed by atoms with Crippen molar-refractivity contribution in [3.05, 3.63) is 0 Å². The van der Waals surface area contributed by atoms with Gasteiger partial charge < -0.3 is 26.4 Å². The first-order chi connectivity index (χ1) is 11.6. The summed E-state index contributed by atoms with van der Waals surface area (Å²) in [4.78, 5) is 48.6. The van der Waals surface area contributed by atoms with Crippen molar-refractivity contribution < 1.29 is 24.3 Å². The van der Waals surface area contributed by atoms with E-state index < -0.39 is 42.5 Å². The highest BCUT2D eigenvalue weighted by Crippen LogP contribution is 2.18. The Morgan fingerprint density at radius 3 is 2.44 bits per heavy atom. The van der Waals surface area contributed by atoms with Crippen LogP contribution in [0.25, 0.3) is 0 Å². The zero-order chi connectivity index (χ0) is 19.1. The molecule has 5 N–H and O–H groups in total. The van der Waals surface area contributed by atoms with Crippen molar-refractivity contribution in [2.75, 3.05) is 13.1 Å². The minimum atomic E-state index is -1.15. The quantitative estimate of drug-likeness (QED) is 0.442. The summed E-state index contributed by atoms with van der Waals surface area (Å²) in [5.74, 6) is -2.17. The zero-order valence-corrected chi connectivity index (χ0v) is 14.9. The maximum absolute atomic E-state index is 12.6. The molecule has 3 atom stereocenters. The Balaban J connectivity index is 2.62. The van der Waals surface area contributed by atoms with Gasteiger partial charge in [-0.15, -0.1) is 0 Å². The molecule has 0 spiro atoms. The van der Waals surface area contributed by atoms with Crippen LogP contribution in [0.4, 0.5) is 0 Å². The van der Waals surface area contributed by atoms with Crippen LogP contribution in [0.5, 0.6) is 0 Å². The molecule has 0 radical (unpaired) electrons. The molecule has 1 fully saturated rings. The summed E-state index contributed by atoms with van der Waals surface area (Å²) in [6.45, 7) is 5.35. The van der Waals surface area contributed by atoms with E-state index in [2.05, 4.69) is 10.6 Å². The predicted molar refractivity (Wildman–Crippen MR) is 90.4 cm³/mol. The van der Waals surface area contributed by atoms with Gasteiger partial charge in [-0.05, 0) is 32.1 Å². The second-order valence-corrected chi connectivity index (χ2v) is 6.77. The second kappa shape index (κ2) is 9.36. The molecule has 1 aliphatic rings. The number of rotatable bonds is 8. The third-order valence-electron chi connectivity index (χ3n) is 4.04. The van der Waals surface area contributed by atoms with Gasteiger partial charge in [-0.1, -0.05) is 13.8 Å². The molecule has 1 aliphatic heterocycles. The van der Waals surface area contributed by atoms with Crippen molar-refractivity contribution in [3.8, 4) is 0 Å². The van der Waals surface area contributed by atoms with Crippen LogP contribution in [0.3, 0.4) is 0 Å². The van der Waals surface area contributed by atoms with Crippen LogP contribution in [0, 0.1) is 5.92 Å². The van der Waals surface area contributed by atoms with Gasteiger partial charge in [0.25, 0.3) is 0 Å². The summed E-state index contributed by atoms with van der Waals surface area (Å²) < 4.78 is 0. The molecule has 1 saturated heterocycles. The number of carboxylic acid groups (broad SMARTS) is 1. The molecule has 0 bridgehead atoms. The fourth-order valence-electron chi connectivity index (χ4n) is 2.83. The summed E-state index contributed by atoms with van der Waals surface area (Å²) in [6, 6.07) is -2.21. The second-order valence-electron chi connectivity index (χ2n) is 6.77. The van der Waals surface area contributed by atoms with Gasteiger partial charge in [0.05, 0.1) is 6.04 Å². The number of likely N-dealkylation sites (tertiary alicyclic amines) is 1. The molecule has 0 aromatic heterocycles. The number of hydrogen-bond acceptors (Lipinski definition) is 5. The maximum Gasteiger partial charge on any atom is 0.322 e. The highest BCUT2D eigenvalue weighted by atomic mass is 16.4. The maximum atomic E-state index is 12.6. The van der Waals surface area contributed by atoms with Crippen LogP contribution in [0.15, 0.2) is 0 Å².